The number of amides is 2. The summed E-state index contributed by atoms with van der Waals surface area (Å²) >= 11 is 4.85. The molecule has 0 spiro atoms. The third-order valence-electron chi connectivity index (χ3n) is 5.83. The summed E-state index contributed by atoms with van der Waals surface area (Å²) in [6.45, 7) is 1.56. The van der Waals surface area contributed by atoms with Crippen molar-refractivity contribution in [3.05, 3.63) is 57.6 Å². The van der Waals surface area contributed by atoms with Crippen molar-refractivity contribution in [1.29, 1.82) is 0 Å². The van der Waals surface area contributed by atoms with Crippen LogP contribution < -0.4 is 19.5 Å². The lowest BCUT2D eigenvalue weighted by Gasteiger charge is -2.23. The van der Waals surface area contributed by atoms with Crippen LogP contribution in [0.15, 0.2) is 46.4 Å². The van der Waals surface area contributed by atoms with Gasteiger partial charge in [-0.2, -0.15) is 0 Å². The monoisotopic (exact) mass is 557 g/mol. The molecule has 8 nitrogen and oxygen atoms in total. The molecule has 10 heteroatoms. The molecule has 0 radical (unpaired) electrons. The largest absolute Gasteiger partial charge is 0.497 e. The first kappa shape index (κ1) is 23.6. The molecule has 5 rings (SSSR count). The fourth-order valence-corrected chi connectivity index (χ4v) is 5.45. The third kappa shape index (κ3) is 5.13. The van der Waals surface area contributed by atoms with Gasteiger partial charge in [0.25, 0.3) is 11.8 Å². The number of benzene rings is 2. The molecular formula is C25H24BrN3O5S. The molecule has 3 aromatic rings. The average Bonchev–Trinajstić information content (AvgIpc) is 3.65. The summed E-state index contributed by atoms with van der Waals surface area (Å²) in [5.74, 6) is 1.34. The van der Waals surface area contributed by atoms with E-state index in [-0.39, 0.29) is 17.9 Å². The lowest BCUT2D eigenvalue weighted by atomic mass is 10.1. The SMILES string of the molecule is COc1cccc(-c2sc(Br)nc2C(=O)N(CCNC(=O)c2cccc3c2OCCO3)C2CC2)c1. The van der Waals surface area contributed by atoms with E-state index < -0.39 is 0 Å². The van der Waals surface area contributed by atoms with Crippen LogP contribution in [-0.2, 0) is 0 Å². The molecule has 0 unspecified atom stereocenters. The Morgan fingerprint density at radius 2 is 2.00 bits per heavy atom. The molecule has 0 saturated heterocycles. The van der Waals surface area contributed by atoms with Gasteiger partial charge in [-0.1, -0.05) is 18.2 Å². The van der Waals surface area contributed by atoms with Gasteiger partial charge in [-0.25, -0.2) is 4.98 Å². The first-order chi connectivity index (χ1) is 17.0. The number of thiazole rings is 1. The number of nitrogens with zero attached hydrogens (tertiary/aromatic N) is 2. The van der Waals surface area contributed by atoms with Crippen LogP contribution in [0.2, 0.25) is 0 Å². The molecule has 1 saturated carbocycles. The van der Waals surface area contributed by atoms with E-state index in [0.717, 1.165) is 23.3 Å². The van der Waals surface area contributed by atoms with Gasteiger partial charge < -0.3 is 24.4 Å². The number of hydrogen-bond donors (Lipinski definition) is 1. The van der Waals surface area contributed by atoms with Gasteiger partial charge in [0.15, 0.2) is 15.4 Å². The van der Waals surface area contributed by atoms with E-state index in [1.807, 2.05) is 29.2 Å². The number of ether oxygens (including phenoxy) is 3. The summed E-state index contributed by atoms with van der Waals surface area (Å²) in [5.41, 5.74) is 1.70. The van der Waals surface area contributed by atoms with Crippen LogP contribution in [0.5, 0.6) is 17.2 Å². The van der Waals surface area contributed by atoms with E-state index in [4.69, 9.17) is 14.2 Å². The number of rotatable bonds is 8. The fraction of sp³-hybridized carbons (Fsp3) is 0.320. The van der Waals surface area contributed by atoms with Gasteiger partial charge in [-0.15, -0.1) is 11.3 Å². The molecule has 0 atom stereocenters. The molecule has 2 aliphatic rings. The Labute approximate surface area is 215 Å². The normalized spacial score (nSPS) is 14.3. The highest BCUT2D eigenvalue weighted by atomic mass is 79.9. The Hall–Kier alpha value is -3.11. The number of aromatic nitrogens is 1. The van der Waals surface area contributed by atoms with Crippen LogP contribution in [-0.4, -0.2) is 61.2 Å². The van der Waals surface area contributed by atoms with E-state index >= 15 is 0 Å². The molecule has 0 bridgehead atoms. The van der Waals surface area contributed by atoms with E-state index in [0.29, 0.717) is 58.7 Å². The lowest BCUT2D eigenvalue weighted by molar-refractivity contribution is 0.0731. The van der Waals surface area contributed by atoms with Gasteiger partial charge in [-0.3, -0.25) is 9.59 Å². The van der Waals surface area contributed by atoms with E-state index in [1.165, 1.54) is 11.3 Å². The van der Waals surface area contributed by atoms with E-state index in [2.05, 4.69) is 26.2 Å². The van der Waals surface area contributed by atoms with Crippen LogP contribution in [0.1, 0.15) is 33.7 Å². The Morgan fingerprint density at radius 1 is 1.20 bits per heavy atom. The van der Waals surface area contributed by atoms with Gasteiger partial charge in [0.1, 0.15) is 24.7 Å². The molecule has 1 aromatic heterocycles. The van der Waals surface area contributed by atoms with Crippen molar-refractivity contribution in [2.24, 2.45) is 0 Å². The van der Waals surface area contributed by atoms with Gasteiger partial charge in [0, 0.05) is 19.1 Å². The smallest absolute Gasteiger partial charge is 0.274 e. The number of methoxy groups -OCH3 is 1. The maximum atomic E-state index is 13.6. The van der Waals surface area contributed by atoms with Gasteiger partial charge >= 0.3 is 0 Å². The Balaban J connectivity index is 1.30. The second-order valence-electron chi connectivity index (χ2n) is 8.19. The quantitative estimate of drug-likeness (QED) is 0.442. The number of halogens is 1. The van der Waals surface area contributed by atoms with Crippen molar-refractivity contribution in [3.63, 3.8) is 0 Å². The minimum Gasteiger partial charge on any atom is -0.497 e. The number of nitrogens with one attached hydrogen (secondary N) is 1. The van der Waals surface area contributed by atoms with Crippen LogP contribution in [0.25, 0.3) is 10.4 Å². The maximum Gasteiger partial charge on any atom is 0.274 e. The lowest BCUT2D eigenvalue weighted by Crippen LogP contribution is -2.40. The molecular weight excluding hydrogens is 534 g/mol. The highest BCUT2D eigenvalue weighted by Crippen LogP contribution is 2.37. The van der Waals surface area contributed by atoms with E-state index in [1.54, 1.807) is 25.3 Å². The first-order valence-corrected chi connectivity index (χ1v) is 12.9. The molecule has 2 amide bonds. The van der Waals surface area contributed by atoms with Gasteiger partial charge in [0.05, 0.1) is 17.6 Å². The van der Waals surface area contributed by atoms with Crippen LogP contribution in [0.3, 0.4) is 0 Å². The average molecular weight is 558 g/mol. The van der Waals surface area contributed by atoms with Gasteiger partial charge in [-0.05, 0) is 58.6 Å². The zero-order valence-corrected chi connectivity index (χ0v) is 21.5. The van der Waals surface area contributed by atoms with Gasteiger partial charge in [0.2, 0.25) is 0 Å². The van der Waals surface area contributed by atoms with Crippen molar-refractivity contribution < 1.29 is 23.8 Å². The molecule has 1 aliphatic carbocycles. The summed E-state index contributed by atoms with van der Waals surface area (Å²) in [4.78, 5) is 33.5. The molecule has 2 aromatic carbocycles. The van der Waals surface area contributed by atoms with Crippen LogP contribution in [0.4, 0.5) is 0 Å². The minimum atomic E-state index is -0.260. The molecule has 182 valence electrons. The number of hydrogen-bond acceptors (Lipinski definition) is 7. The fourth-order valence-electron chi connectivity index (χ4n) is 4.01. The predicted octanol–water partition coefficient (Wildman–Crippen LogP) is 4.39. The minimum absolute atomic E-state index is 0.143. The van der Waals surface area contributed by atoms with Crippen molar-refractivity contribution in [2.75, 3.05) is 33.4 Å². The number of fused-ring (bicyclic) bond motifs is 1. The summed E-state index contributed by atoms with van der Waals surface area (Å²) in [6, 6.07) is 13.0. The second-order valence-corrected chi connectivity index (χ2v) is 10.5. The first-order valence-electron chi connectivity index (χ1n) is 11.3. The molecule has 35 heavy (non-hydrogen) atoms. The third-order valence-corrected chi connectivity index (χ3v) is 7.39. The zero-order chi connectivity index (χ0) is 24.4. The highest BCUT2D eigenvalue weighted by Gasteiger charge is 2.35. The van der Waals surface area contributed by atoms with Crippen LogP contribution >= 0.6 is 27.3 Å². The van der Waals surface area contributed by atoms with Crippen molar-refractivity contribution in [2.45, 2.75) is 18.9 Å². The second kappa shape index (κ2) is 10.2. The van der Waals surface area contributed by atoms with Crippen molar-refractivity contribution >= 4 is 39.1 Å². The standard InChI is InChI=1S/C25H24BrN3O5S/c1-32-17-5-2-4-15(14-17)22-20(28-25(26)35-22)24(31)29(16-8-9-16)11-10-27-23(30)18-6-3-7-19-21(18)34-13-12-33-19/h2-7,14,16H,8-13H2,1H3,(H,27,30). The Morgan fingerprint density at radius 3 is 2.80 bits per heavy atom. The number of para-hydroxylation sites is 1. The summed E-state index contributed by atoms with van der Waals surface area (Å²) < 4.78 is 17.2. The summed E-state index contributed by atoms with van der Waals surface area (Å²) in [6.07, 6.45) is 1.88. The van der Waals surface area contributed by atoms with Crippen LogP contribution in [0, 0.1) is 0 Å². The van der Waals surface area contributed by atoms with Crippen molar-refractivity contribution in [1.82, 2.24) is 15.2 Å². The Kier molecular flexibility index (Phi) is 6.92. The highest BCUT2D eigenvalue weighted by molar-refractivity contribution is 9.11. The predicted molar refractivity (Wildman–Crippen MR) is 136 cm³/mol. The van der Waals surface area contributed by atoms with E-state index in [9.17, 15) is 9.59 Å². The zero-order valence-electron chi connectivity index (χ0n) is 19.1. The summed E-state index contributed by atoms with van der Waals surface area (Å²) in [7, 11) is 1.61. The topological polar surface area (TPSA) is 90.0 Å². The summed E-state index contributed by atoms with van der Waals surface area (Å²) in [5, 5.41) is 2.92. The van der Waals surface area contributed by atoms with Crippen molar-refractivity contribution in [3.8, 4) is 27.7 Å². The number of carbonyl (C=O) groups excluding carboxylic acids is 2. The number of carbonyl (C=O) groups is 2. The Bertz CT molecular complexity index is 1260. The maximum absolute atomic E-state index is 13.6. The molecule has 1 N–H and O–H groups in total. The molecule has 2 heterocycles. The molecule has 1 fully saturated rings. The molecule has 1 aliphatic heterocycles.